The SMILES string of the molecule is Cc1ncc([N+](=O)[O-])n1CCOC(=O)C(CS)NCc1ccccc1O. The summed E-state index contributed by atoms with van der Waals surface area (Å²) in [4.78, 5) is 26.4. The number of esters is 1. The molecule has 26 heavy (non-hydrogen) atoms. The topological polar surface area (TPSA) is 120 Å². The van der Waals surface area contributed by atoms with Gasteiger partial charge >= 0.3 is 11.8 Å². The van der Waals surface area contributed by atoms with Crippen molar-refractivity contribution in [3.63, 3.8) is 0 Å². The van der Waals surface area contributed by atoms with E-state index in [0.29, 0.717) is 11.4 Å². The second-order valence-corrected chi connectivity index (χ2v) is 5.85. The van der Waals surface area contributed by atoms with Gasteiger partial charge in [0.25, 0.3) is 0 Å². The number of imidazole rings is 1. The van der Waals surface area contributed by atoms with E-state index >= 15 is 0 Å². The van der Waals surface area contributed by atoms with Crippen LogP contribution in [0.4, 0.5) is 5.82 Å². The van der Waals surface area contributed by atoms with Crippen LogP contribution in [0.5, 0.6) is 5.75 Å². The maximum atomic E-state index is 12.2. The summed E-state index contributed by atoms with van der Waals surface area (Å²) in [5.41, 5.74) is 0.650. The highest BCUT2D eigenvalue weighted by Crippen LogP contribution is 2.15. The Morgan fingerprint density at radius 2 is 2.23 bits per heavy atom. The Hall–Kier alpha value is -2.59. The van der Waals surface area contributed by atoms with E-state index in [4.69, 9.17) is 4.74 Å². The number of carbonyl (C=O) groups is 1. The van der Waals surface area contributed by atoms with Gasteiger partial charge < -0.3 is 20.0 Å². The molecule has 0 amide bonds. The fourth-order valence-corrected chi connectivity index (χ4v) is 2.61. The van der Waals surface area contributed by atoms with Crippen LogP contribution in [0.25, 0.3) is 0 Å². The molecule has 1 aromatic carbocycles. The van der Waals surface area contributed by atoms with Crippen molar-refractivity contribution in [3.8, 4) is 5.75 Å². The lowest BCUT2D eigenvalue weighted by Crippen LogP contribution is -2.39. The number of aromatic nitrogens is 2. The van der Waals surface area contributed by atoms with E-state index in [0.717, 1.165) is 0 Å². The van der Waals surface area contributed by atoms with E-state index in [1.807, 2.05) is 0 Å². The van der Waals surface area contributed by atoms with Crippen molar-refractivity contribution in [1.29, 1.82) is 0 Å². The van der Waals surface area contributed by atoms with Crippen molar-refractivity contribution in [2.45, 2.75) is 26.1 Å². The summed E-state index contributed by atoms with van der Waals surface area (Å²) >= 11 is 4.14. The standard InChI is InChI=1S/C16H20N4O5S/c1-11-17-9-15(20(23)24)19(11)6-7-25-16(22)13(10-26)18-8-12-4-2-3-5-14(12)21/h2-5,9,13,18,21,26H,6-8,10H2,1H3. The molecule has 0 bridgehead atoms. The summed E-state index contributed by atoms with van der Waals surface area (Å²) in [7, 11) is 0. The number of phenols is 1. The van der Waals surface area contributed by atoms with Crippen LogP contribution in [-0.4, -0.2) is 44.0 Å². The predicted molar refractivity (Wildman–Crippen MR) is 97.2 cm³/mol. The van der Waals surface area contributed by atoms with Gasteiger partial charge in [0.2, 0.25) is 0 Å². The van der Waals surface area contributed by atoms with Crippen LogP contribution in [0.3, 0.4) is 0 Å². The smallest absolute Gasteiger partial charge is 0.342 e. The summed E-state index contributed by atoms with van der Waals surface area (Å²) in [6.07, 6.45) is 1.17. The van der Waals surface area contributed by atoms with Crippen LogP contribution in [0.1, 0.15) is 11.4 Å². The van der Waals surface area contributed by atoms with Crippen molar-refractivity contribution in [1.82, 2.24) is 14.9 Å². The zero-order chi connectivity index (χ0) is 19.1. The highest BCUT2D eigenvalue weighted by Gasteiger charge is 2.21. The number of aryl methyl sites for hydroxylation is 1. The van der Waals surface area contributed by atoms with Crippen LogP contribution in [0.15, 0.2) is 30.5 Å². The number of hydrogen-bond acceptors (Lipinski definition) is 8. The fourth-order valence-electron chi connectivity index (χ4n) is 2.33. The Morgan fingerprint density at radius 1 is 1.50 bits per heavy atom. The molecule has 0 radical (unpaired) electrons. The third kappa shape index (κ3) is 4.96. The van der Waals surface area contributed by atoms with Crippen LogP contribution >= 0.6 is 12.6 Å². The van der Waals surface area contributed by atoms with E-state index < -0.39 is 16.9 Å². The van der Waals surface area contributed by atoms with Gasteiger partial charge in [-0.05, 0) is 11.0 Å². The monoisotopic (exact) mass is 380 g/mol. The van der Waals surface area contributed by atoms with Gasteiger partial charge in [0.1, 0.15) is 31.1 Å². The number of rotatable bonds is 9. The van der Waals surface area contributed by atoms with Gasteiger partial charge in [-0.1, -0.05) is 18.2 Å². The Labute approximate surface area is 155 Å². The molecule has 10 heteroatoms. The van der Waals surface area contributed by atoms with Gasteiger partial charge in [-0.25, -0.2) is 9.55 Å². The van der Waals surface area contributed by atoms with Gasteiger partial charge in [-0.2, -0.15) is 12.6 Å². The lowest BCUT2D eigenvalue weighted by atomic mass is 10.2. The predicted octanol–water partition coefficient (Wildman–Crippen LogP) is 1.44. The van der Waals surface area contributed by atoms with Crippen LogP contribution in [0.2, 0.25) is 0 Å². The maximum absolute atomic E-state index is 12.2. The molecule has 2 rings (SSSR count). The van der Waals surface area contributed by atoms with E-state index in [-0.39, 0.29) is 37.0 Å². The Kier molecular flexibility index (Phi) is 6.98. The first-order chi connectivity index (χ1) is 12.4. The first-order valence-corrected chi connectivity index (χ1v) is 8.51. The van der Waals surface area contributed by atoms with E-state index in [2.05, 4.69) is 22.9 Å². The Balaban J connectivity index is 1.87. The Bertz CT molecular complexity index is 780. The molecule has 0 saturated heterocycles. The molecule has 1 heterocycles. The van der Waals surface area contributed by atoms with E-state index in [9.17, 15) is 20.0 Å². The number of benzene rings is 1. The Morgan fingerprint density at radius 3 is 2.88 bits per heavy atom. The molecule has 0 saturated carbocycles. The minimum Gasteiger partial charge on any atom is -0.508 e. The summed E-state index contributed by atoms with van der Waals surface area (Å²) in [5.74, 6) is 0.139. The third-order valence-corrected chi connectivity index (χ3v) is 4.14. The maximum Gasteiger partial charge on any atom is 0.342 e. The molecule has 0 aliphatic rings. The second-order valence-electron chi connectivity index (χ2n) is 5.48. The van der Waals surface area contributed by atoms with Crippen LogP contribution in [-0.2, 0) is 22.6 Å². The van der Waals surface area contributed by atoms with Gasteiger partial charge in [0, 0.05) is 24.8 Å². The highest BCUT2D eigenvalue weighted by molar-refractivity contribution is 7.80. The molecule has 0 aliphatic carbocycles. The van der Waals surface area contributed by atoms with Crippen molar-refractivity contribution in [2.75, 3.05) is 12.4 Å². The summed E-state index contributed by atoms with van der Waals surface area (Å²) in [5, 5.41) is 23.6. The number of nitrogens with zero attached hydrogens (tertiary/aromatic N) is 3. The molecule has 1 aromatic heterocycles. The molecule has 1 atom stereocenters. The van der Waals surface area contributed by atoms with Crippen molar-refractivity contribution < 1.29 is 19.6 Å². The first-order valence-electron chi connectivity index (χ1n) is 7.88. The minimum atomic E-state index is -0.670. The molecule has 0 fully saturated rings. The molecule has 140 valence electrons. The van der Waals surface area contributed by atoms with Crippen molar-refractivity contribution in [2.24, 2.45) is 0 Å². The van der Waals surface area contributed by atoms with Crippen LogP contribution in [0, 0.1) is 17.0 Å². The summed E-state index contributed by atoms with van der Waals surface area (Å²) in [6, 6.07) is 6.12. The third-order valence-electron chi connectivity index (χ3n) is 3.78. The van der Waals surface area contributed by atoms with Crippen LogP contribution < -0.4 is 5.32 Å². The molecule has 1 unspecified atom stereocenters. The van der Waals surface area contributed by atoms with Gasteiger partial charge in [0.05, 0.1) is 0 Å². The van der Waals surface area contributed by atoms with Gasteiger partial charge in [-0.15, -0.1) is 0 Å². The van der Waals surface area contributed by atoms with E-state index in [1.54, 1.807) is 31.2 Å². The lowest BCUT2D eigenvalue weighted by Gasteiger charge is -2.16. The number of aromatic hydroxyl groups is 1. The molecule has 2 aromatic rings. The number of phenolic OH excluding ortho intramolecular Hbond substituents is 1. The van der Waals surface area contributed by atoms with Crippen molar-refractivity contribution >= 4 is 24.4 Å². The number of para-hydroxylation sites is 1. The number of ether oxygens (including phenoxy) is 1. The second kappa shape index (κ2) is 9.20. The molecular weight excluding hydrogens is 360 g/mol. The average molecular weight is 380 g/mol. The molecule has 0 aliphatic heterocycles. The molecule has 2 N–H and O–H groups in total. The molecular formula is C16H20N4O5S. The van der Waals surface area contributed by atoms with Crippen molar-refractivity contribution in [3.05, 3.63) is 52.0 Å². The minimum absolute atomic E-state index is 0.0284. The molecule has 9 nitrogen and oxygen atoms in total. The lowest BCUT2D eigenvalue weighted by molar-refractivity contribution is -0.392. The first kappa shape index (κ1) is 19.7. The number of nitrogens with one attached hydrogen (secondary N) is 1. The zero-order valence-electron chi connectivity index (χ0n) is 14.2. The number of hydrogen-bond donors (Lipinski definition) is 3. The summed E-state index contributed by atoms with van der Waals surface area (Å²) in [6.45, 7) is 2.02. The molecule has 0 spiro atoms. The summed E-state index contributed by atoms with van der Waals surface area (Å²) < 4.78 is 6.57. The number of nitro groups is 1. The fraction of sp³-hybridized carbons (Fsp3) is 0.375. The highest BCUT2D eigenvalue weighted by atomic mass is 32.1. The van der Waals surface area contributed by atoms with E-state index in [1.165, 1.54) is 10.8 Å². The normalized spacial score (nSPS) is 11.9. The number of thiol groups is 1. The number of carbonyl (C=O) groups excluding carboxylic acids is 1. The zero-order valence-corrected chi connectivity index (χ0v) is 15.1. The van der Waals surface area contributed by atoms with Gasteiger partial charge in [0.15, 0.2) is 5.82 Å². The largest absolute Gasteiger partial charge is 0.508 e. The average Bonchev–Trinajstić information content (AvgIpc) is 2.98. The quantitative estimate of drug-likeness (QED) is 0.261. The van der Waals surface area contributed by atoms with Gasteiger partial charge in [-0.3, -0.25) is 10.1 Å².